The normalized spacial score (nSPS) is 23.1. The number of amides is 1. The second kappa shape index (κ2) is 6.11. The number of methoxy groups -OCH3 is 1. The molecule has 1 amide bonds. The Kier molecular flexibility index (Phi) is 3.87. The average Bonchev–Trinajstić information content (AvgIpc) is 3.09. The zero-order valence-electron chi connectivity index (χ0n) is 14.5. The summed E-state index contributed by atoms with van der Waals surface area (Å²) in [6.45, 7) is 0.127. The van der Waals surface area contributed by atoms with Crippen LogP contribution in [0.4, 0.5) is 0 Å². The molecular weight excluding hydrogens is 354 g/mol. The van der Waals surface area contributed by atoms with Crippen LogP contribution in [0.3, 0.4) is 0 Å². The maximum atomic E-state index is 12.8. The number of carbonyl (C=O) groups is 2. The van der Waals surface area contributed by atoms with E-state index in [1.807, 2.05) is 0 Å². The molecule has 1 aromatic heterocycles. The maximum Gasteiger partial charge on any atom is 0.315 e. The van der Waals surface area contributed by atoms with E-state index in [0.717, 1.165) is 6.20 Å². The predicted molar refractivity (Wildman–Crippen MR) is 92.1 cm³/mol. The van der Waals surface area contributed by atoms with Gasteiger partial charge in [-0.25, -0.2) is 4.98 Å². The smallest absolute Gasteiger partial charge is 0.315 e. The SMILES string of the molecule is COc1cccc2c1OC[C@]1(C(=O)O)CN(C(=O)c3c[nH]c(=O)cn3)C[C@H]21. The summed E-state index contributed by atoms with van der Waals surface area (Å²) in [4.78, 5) is 43.8. The monoisotopic (exact) mass is 371 g/mol. The van der Waals surface area contributed by atoms with E-state index in [9.17, 15) is 19.5 Å². The number of nitrogens with zero attached hydrogens (tertiary/aromatic N) is 2. The third kappa shape index (κ3) is 2.54. The first-order valence-electron chi connectivity index (χ1n) is 8.33. The zero-order chi connectivity index (χ0) is 19.2. The average molecular weight is 371 g/mol. The van der Waals surface area contributed by atoms with Gasteiger partial charge in [-0.05, 0) is 6.07 Å². The number of aromatic amines is 1. The Morgan fingerprint density at radius 1 is 1.44 bits per heavy atom. The third-order valence-electron chi connectivity index (χ3n) is 5.23. The fourth-order valence-electron chi connectivity index (χ4n) is 3.83. The molecule has 0 radical (unpaired) electrons. The van der Waals surface area contributed by atoms with Gasteiger partial charge in [0.1, 0.15) is 17.7 Å². The van der Waals surface area contributed by atoms with Crippen LogP contribution in [0.15, 0.2) is 35.4 Å². The van der Waals surface area contributed by atoms with Crippen molar-refractivity contribution >= 4 is 11.9 Å². The fraction of sp³-hybridized carbons (Fsp3) is 0.333. The van der Waals surface area contributed by atoms with Gasteiger partial charge in [0.05, 0.1) is 13.3 Å². The number of aromatic nitrogens is 2. The van der Waals surface area contributed by atoms with E-state index in [4.69, 9.17) is 9.47 Å². The van der Waals surface area contributed by atoms with Gasteiger partial charge in [-0.15, -0.1) is 0 Å². The van der Waals surface area contributed by atoms with Gasteiger partial charge in [0.15, 0.2) is 11.5 Å². The van der Waals surface area contributed by atoms with Crippen molar-refractivity contribution in [1.82, 2.24) is 14.9 Å². The second-order valence-corrected chi connectivity index (χ2v) is 6.66. The van der Waals surface area contributed by atoms with Gasteiger partial charge < -0.3 is 24.5 Å². The molecule has 1 fully saturated rings. The predicted octanol–water partition coefficient (Wildman–Crippen LogP) is 0.481. The molecule has 0 bridgehead atoms. The topological polar surface area (TPSA) is 122 Å². The fourth-order valence-corrected chi connectivity index (χ4v) is 3.83. The number of rotatable bonds is 3. The van der Waals surface area contributed by atoms with Crippen LogP contribution in [-0.2, 0) is 4.79 Å². The largest absolute Gasteiger partial charge is 0.493 e. The highest BCUT2D eigenvalue weighted by Crippen LogP contribution is 2.52. The van der Waals surface area contributed by atoms with Crippen molar-refractivity contribution in [3.63, 3.8) is 0 Å². The Morgan fingerprint density at radius 2 is 2.26 bits per heavy atom. The van der Waals surface area contributed by atoms with Crippen molar-refractivity contribution in [1.29, 1.82) is 0 Å². The summed E-state index contributed by atoms with van der Waals surface area (Å²) >= 11 is 0. The van der Waals surface area contributed by atoms with E-state index >= 15 is 0 Å². The molecule has 27 heavy (non-hydrogen) atoms. The maximum absolute atomic E-state index is 12.8. The molecular formula is C18H17N3O6. The zero-order valence-corrected chi connectivity index (χ0v) is 14.5. The summed E-state index contributed by atoms with van der Waals surface area (Å²) in [6, 6.07) is 5.31. The standard InChI is InChI=1S/C18H17N3O6/c1-26-13-4-2-3-10-11-7-21(16(23)12-5-20-14(22)6-19-12)8-18(11,17(24)25)9-27-15(10)13/h2-6,11H,7-9H2,1H3,(H,20,22)(H,24,25)/t11-,18-/m1/s1. The molecule has 2 aliphatic rings. The highest BCUT2D eigenvalue weighted by atomic mass is 16.5. The Balaban J connectivity index is 1.73. The molecule has 2 aliphatic heterocycles. The Hall–Kier alpha value is -3.36. The van der Waals surface area contributed by atoms with Crippen LogP contribution >= 0.6 is 0 Å². The first-order chi connectivity index (χ1) is 13.0. The van der Waals surface area contributed by atoms with Crippen molar-refractivity contribution in [2.24, 2.45) is 5.41 Å². The lowest BCUT2D eigenvalue weighted by Crippen LogP contribution is -2.46. The van der Waals surface area contributed by atoms with Crippen LogP contribution in [0.2, 0.25) is 0 Å². The quantitative estimate of drug-likeness (QED) is 0.805. The molecule has 1 saturated heterocycles. The number of carbonyl (C=O) groups excluding carboxylic acids is 1. The summed E-state index contributed by atoms with van der Waals surface area (Å²) in [5.41, 5.74) is -0.914. The van der Waals surface area contributed by atoms with Crippen LogP contribution < -0.4 is 15.0 Å². The minimum absolute atomic E-state index is 0.0106. The lowest BCUT2D eigenvalue weighted by molar-refractivity contribution is -0.151. The number of benzene rings is 1. The first-order valence-corrected chi connectivity index (χ1v) is 8.33. The van der Waals surface area contributed by atoms with E-state index < -0.39 is 28.8 Å². The molecule has 4 rings (SSSR count). The number of hydrogen-bond acceptors (Lipinski definition) is 6. The van der Waals surface area contributed by atoms with Gasteiger partial charge in [-0.1, -0.05) is 12.1 Å². The number of aliphatic carboxylic acids is 1. The summed E-state index contributed by atoms with van der Waals surface area (Å²) in [5, 5.41) is 9.95. The number of carboxylic acids is 1. The molecule has 0 unspecified atom stereocenters. The minimum Gasteiger partial charge on any atom is -0.493 e. The van der Waals surface area contributed by atoms with Gasteiger partial charge in [0.2, 0.25) is 0 Å². The van der Waals surface area contributed by atoms with E-state index in [0.29, 0.717) is 17.1 Å². The number of fused-ring (bicyclic) bond motifs is 3. The highest BCUT2D eigenvalue weighted by molar-refractivity contribution is 5.93. The van der Waals surface area contributed by atoms with Crippen molar-refractivity contribution in [2.75, 3.05) is 26.8 Å². The number of ether oxygens (including phenoxy) is 2. The third-order valence-corrected chi connectivity index (χ3v) is 5.23. The van der Waals surface area contributed by atoms with E-state index in [1.54, 1.807) is 18.2 Å². The second-order valence-electron chi connectivity index (χ2n) is 6.66. The van der Waals surface area contributed by atoms with Gasteiger partial charge >= 0.3 is 5.97 Å². The van der Waals surface area contributed by atoms with Gasteiger partial charge in [-0.2, -0.15) is 0 Å². The summed E-state index contributed by atoms with van der Waals surface area (Å²) < 4.78 is 11.1. The Morgan fingerprint density at radius 3 is 2.93 bits per heavy atom. The molecule has 1 aromatic carbocycles. The van der Waals surface area contributed by atoms with Crippen LogP contribution in [0.25, 0.3) is 0 Å². The molecule has 0 aliphatic carbocycles. The van der Waals surface area contributed by atoms with Crippen molar-refractivity contribution in [2.45, 2.75) is 5.92 Å². The summed E-state index contributed by atoms with van der Waals surface area (Å²) in [7, 11) is 1.52. The van der Waals surface area contributed by atoms with Crippen LogP contribution in [0, 0.1) is 5.41 Å². The first kappa shape index (κ1) is 17.1. The van der Waals surface area contributed by atoms with Crippen molar-refractivity contribution in [3.8, 4) is 11.5 Å². The molecule has 2 aromatic rings. The van der Waals surface area contributed by atoms with Crippen molar-refractivity contribution < 1.29 is 24.2 Å². The van der Waals surface area contributed by atoms with Crippen molar-refractivity contribution in [3.05, 3.63) is 52.2 Å². The lowest BCUT2D eigenvalue weighted by atomic mass is 9.73. The molecule has 3 heterocycles. The number of likely N-dealkylation sites (tertiary alicyclic amines) is 1. The number of para-hydroxylation sites is 1. The van der Waals surface area contributed by atoms with Gasteiger partial charge in [-0.3, -0.25) is 14.4 Å². The Bertz CT molecular complexity index is 967. The molecule has 0 saturated carbocycles. The number of hydrogen-bond donors (Lipinski definition) is 2. The molecule has 9 heteroatoms. The summed E-state index contributed by atoms with van der Waals surface area (Å²) in [5.74, 6) is -0.867. The van der Waals surface area contributed by atoms with Crippen LogP contribution in [-0.4, -0.2) is 58.7 Å². The molecule has 140 valence electrons. The number of H-pyrrole nitrogens is 1. The van der Waals surface area contributed by atoms with Gasteiger partial charge in [0.25, 0.3) is 11.5 Å². The van der Waals surface area contributed by atoms with Gasteiger partial charge in [0, 0.05) is 30.8 Å². The number of carboxylic acid groups (broad SMARTS) is 1. The number of nitrogens with one attached hydrogen (secondary N) is 1. The molecule has 0 spiro atoms. The van der Waals surface area contributed by atoms with Crippen LogP contribution in [0.5, 0.6) is 11.5 Å². The van der Waals surface area contributed by atoms with E-state index in [2.05, 4.69) is 9.97 Å². The summed E-state index contributed by atoms with van der Waals surface area (Å²) in [6.07, 6.45) is 2.25. The Labute approximate surface area is 153 Å². The van der Waals surface area contributed by atoms with E-state index in [1.165, 1.54) is 18.2 Å². The molecule has 9 nitrogen and oxygen atoms in total. The lowest BCUT2D eigenvalue weighted by Gasteiger charge is -2.36. The highest BCUT2D eigenvalue weighted by Gasteiger charge is 2.58. The van der Waals surface area contributed by atoms with Crippen LogP contribution in [0.1, 0.15) is 22.0 Å². The molecule has 2 atom stereocenters. The minimum atomic E-state index is -1.25. The van der Waals surface area contributed by atoms with E-state index in [-0.39, 0.29) is 25.4 Å². The molecule has 2 N–H and O–H groups in total.